The average Bonchev–Trinajstić information content (AvgIpc) is 3.17. The number of nitrogens with one attached hydrogen (secondary N) is 2. The van der Waals surface area contributed by atoms with Gasteiger partial charge in [0, 0.05) is 11.6 Å². The number of hydrogen-bond donors (Lipinski definition) is 2. The quantitative estimate of drug-likeness (QED) is 0.684. The van der Waals surface area contributed by atoms with Crippen LogP contribution in [0.4, 0.5) is 14.6 Å². The standard InChI is InChI=1S/C19H21F2N5O/c20-16-4-2-1-3-14(16)17(21)10-27-13-7-5-12(6-8-13)25-18-15-9-24-26-19(15)23-11-22-18/h1-4,9,11-13,17H,5-8,10H2,(H2,22,23,24,25,26)/t12?,13?,17-/m1/s1. The molecule has 1 aromatic carbocycles. The molecule has 2 heterocycles. The number of benzene rings is 1. The lowest BCUT2D eigenvalue weighted by Gasteiger charge is -2.30. The summed E-state index contributed by atoms with van der Waals surface area (Å²) in [6.07, 6.45) is 5.18. The summed E-state index contributed by atoms with van der Waals surface area (Å²) in [6, 6.07) is 6.18. The van der Waals surface area contributed by atoms with Gasteiger partial charge in [-0.1, -0.05) is 18.2 Å². The number of alkyl halides is 1. The molecule has 1 aliphatic carbocycles. The van der Waals surface area contributed by atoms with E-state index in [4.69, 9.17) is 4.74 Å². The monoisotopic (exact) mass is 373 g/mol. The van der Waals surface area contributed by atoms with Crippen molar-refractivity contribution < 1.29 is 13.5 Å². The van der Waals surface area contributed by atoms with Gasteiger partial charge in [-0.2, -0.15) is 5.10 Å². The number of fused-ring (bicyclic) bond motifs is 1. The van der Waals surface area contributed by atoms with E-state index < -0.39 is 12.0 Å². The molecule has 1 atom stereocenters. The van der Waals surface area contributed by atoms with E-state index in [-0.39, 0.29) is 24.3 Å². The van der Waals surface area contributed by atoms with Crippen LogP contribution in [0, 0.1) is 5.82 Å². The predicted octanol–water partition coefficient (Wildman–Crippen LogP) is 3.94. The van der Waals surface area contributed by atoms with Gasteiger partial charge in [0.15, 0.2) is 11.8 Å². The van der Waals surface area contributed by atoms with Crippen molar-refractivity contribution in [3.8, 4) is 0 Å². The first-order valence-electron chi connectivity index (χ1n) is 9.11. The number of halogens is 2. The lowest BCUT2D eigenvalue weighted by atomic mass is 9.93. The fourth-order valence-corrected chi connectivity index (χ4v) is 3.49. The largest absolute Gasteiger partial charge is 0.375 e. The molecule has 1 saturated carbocycles. The molecule has 142 valence electrons. The van der Waals surface area contributed by atoms with E-state index in [1.807, 2.05) is 0 Å². The molecule has 0 amide bonds. The van der Waals surface area contributed by atoms with Crippen molar-refractivity contribution in [3.63, 3.8) is 0 Å². The van der Waals surface area contributed by atoms with Crippen LogP contribution in [0.3, 0.4) is 0 Å². The van der Waals surface area contributed by atoms with Crippen LogP contribution in [0.2, 0.25) is 0 Å². The summed E-state index contributed by atoms with van der Waals surface area (Å²) in [4.78, 5) is 8.42. The number of rotatable bonds is 6. The Morgan fingerprint density at radius 2 is 2.00 bits per heavy atom. The van der Waals surface area contributed by atoms with E-state index in [1.54, 1.807) is 18.3 Å². The number of anilines is 1. The van der Waals surface area contributed by atoms with E-state index >= 15 is 0 Å². The highest BCUT2D eigenvalue weighted by atomic mass is 19.1. The SMILES string of the molecule is Fc1ccccc1[C@H](F)COC1CCC(Nc2ncnc3[nH]ncc23)CC1. The Kier molecular flexibility index (Phi) is 5.24. The van der Waals surface area contributed by atoms with Crippen molar-refractivity contribution in [2.75, 3.05) is 11.9 Å². The molecule has 4 rings (SSSR count). The molecule has 0 aliphatic heterocycles. The molecule has 6 nitrogen and oxygen atoms in total. The fourth-order valence-electron chi connectivity index (χ4n) is 3.49. The van der Waals surface area contributed by atoms with Crippen molar-refractivity contribution in [2.24, 2.45) is 0 Å². The van der Waals surface area contributed by atoms with Crippen LogP contribution in [-0.2, 0) is 4.74 Å². The Bertz CT molecular complexity index is 894. The van der Waals surface area contributed by atoms with Gasteiger partial charge in [-0.25, -0.2) is 18.7 Å². The maximum Gasteiger partial charge on any atom is 0.160 e. The van der Waals surface area contributed by atoms with Crippen molar-refractivity contribution in [2.45, 2.75) is 44.0 Å². The number of hydrogen-bond acceptors (Lipinski definition) is 5. The Balaban J connectivity index is 1.27. The van der Waals surface area contributed by atoms with Crippen LogP contribution in [0.1, 0.15) is 37.4 Å². The Morgan fingerprint density at radius 3 is 2.81 bits per heavy atom. The average molecular weight is 373 g/mol. The molecule has 0 bridgehead atoms. The number of H-pyrrole nitrogens is 1. The number of ether oxygens (including phenoxy) is 1. The second-order valence-corrected chi connectivity index (χ2v) is 6.79. The molecule has 1 fully saturated rings. The normalized spacial score (nSPS) is 21.3. The Morgan fingerprint density at radius 1 is 1.19 bits per heavy atom. The van der Waals surface area contributed by atoms with E-state index in [1.165, 1.54) is 18.5 Å². The topological polar surface area (TPSA) is 75.7 Å². The Hall–Kier alpha value is -2.61. The first-order chi connectivity index (χ1) is 13.2. The highest BCUT2D eigenvalue weighted by Crippen LogP contribution is 2.28. The molecule has 1 aliphatic rings. The summed E-state index contributed by atoms with van der Waals surface area (Å²) in [7, 11) is 0. The smallest absolute Gasteiger partial charge is 0.160 e. The van der Waals surface area contributed by atoms with E-state index in [2.05, 4.69) is 25.5 Å². The van der Waals surface area contributed by atoms with Crippen LogP contribution < -0.4 is 5.32 Å². The molecular weight excluding hydrogens is 352 g/mol. The first kappa shape index (κ1) is 17.8. The molecule has 2 N–H and O–H groups in total. The molecule has 2 aromatic heterocycles. The maximum absolute atomic E-state index is 14.2. The second kappa shape index (κ2) is 7.96. The van der Waals surface area contributed by atoms with Crippen LogP contribution in [-0.4, -0.2) is 38.9 Å². The van der Waals surface area contributed by atoms with Gasteiger partial charge >= 0.3 is 0 Å². The third-order valence-electron chi connectivity index (χ3n) is 4.98. The van der Waals surface area contributed by atoms with E-state index in [9.17, 15) is 8.78 Å². The highest BCUT2D eigenvalue weighted by molar-refractivity contribution is 5.85. The van der Waals surface area contributed by atoms with Crippen LogP contribution in [0.25, 0.3) is 11.0 Å². The zero-order chi connectivity index (χ0) is 18.6. The van der Waals surface area contributed by atoms with E-state index in [0.717, 1.165) is 36.9 Å². The van der Waals surface area contributed by atoms with Crippen molar-refractivity contribution in [1.29, 1.82) is 0 Å². The van der Waals surface area contributed by atoms with Gasteiger partial charge in [-0.15, -0.1) is 0 Å². The van der Waals surface area contributed by atoms with Crippen molar-refractivity contribution >= 4 is 16.9 Å². The molecule has 27 heavy (non-hydrogen) atoms. The lowest BCUT2D eigenvalue weighted by Crippen LogP contribution is -2.30. The van der Waals surface area contributed by atoms with E-state index in [0.29, 0.717) is 5.65 Å². The third kappa shape index (κ3) is 4.05. The summed E-state index contributed by atoms with van der Waals surface area (Å²) < 4.78 is 33.6. The number of aromatic nitrogens is 4. The van der Waals surface area contributed by atoms with Gasteiger partial charge in [-0.05, 0) is 31.7 Å². The maximum atomic E-state index is 14.2. The summed E-state index contributed by atoms with van der Waals surface area (Å²) in [6.45, 7) is -0.120. The van der Waals surface area contributed by atoms with Crippen LogP contribution in [0.15, 0.2) is 36.8 Å². The molecule has 8 heteroatoms. The second-order valence-electron chi connectivity index (χ2n) is 6.79. The summed E-state index contributed by atoms with van der Waals surface area (Å²) >= 11 is 0. The van der Waals surface area contributed by atoms with Crippen LogP contribution in [0.5, 0.6) is 0 Å². The molecule has 0 unspecified atom stereocenters. The number of nitrogens with zero attached hydrogens (tertiary/aromatic N) is 3. The van der Waals surface area contributed by atoms with Crippen LogP contribution >= 0.6 is 0 Å². The lowest BCUT2D eigenvalue weighted by molar-refractivity contribution is -0.00313. The fraction of sp³-hybridized carbons (Fsp3) is 0.421. The minimum Gasteiger partial charge on any atom is -0.375 e. The predicted molar refractivity (Wildman–Crippen MR) is 97.6 cm³/mol. The first-order valence-corrected chi connectivity index (χ1v) is 9.11. The van der Waals surface area contributed by atoms with Gasteiger partial charge < -0.3 is 10.1 Å². The Labute approximate surface area is 155 Å². The van der Waals surface area contributed by atoms with Crippen molar-refractivity contribution in [3.05, 3.63) is 48.2 Å². The van der Waals surface area contributed by atoms with Gasteiger partial charge in [-0.3, -0.25) is 5.10 Å². The highest BCUT2D eigenvalue weighted by Gasteiger charge is 2.24. The minimum atomic E-state index is -1.45. The zero-order valence-electron chi connectivity index (χ0n) is 14.7. The summed E-state index contributed by atoms with van der Waals surface area (Å²) in [5.74, 6) is 0.235. The van der Waals surface area contributed by atoms with Gasteiger partial charge in [0.2, 0.25) is 0 Å². The molecule has 0 radical (unpaired) electrons. The third-order valence-corrected chi connectivity index (χ3v) is 4.98. The number of aromatic amines is 1. The molecule has 0 saturated heterocycles. The van der Waals surface area contributed by atoms with Gasteiger partial charge in [0.25, 0.3) is 0 Å². The minimum absolute atomic E-state index is 0.00702. The molecule has 0 spiro atoms. The summed E-state index contributed by atoms with van der Waals surface area (Å²) in [5, 5.41) is 11.1. The molecular formula is C19H21F2N5O. The van der Waals surface area contributed by atoms with Gasteiger partial charge in [0.05, 0.1) is 24.3 Å². The van der Waals surface area contributed by atoms with Gasteiger partial charge in [0.1, 0.15) is 18.0 Å². The summed E-state index contributed by atoms with van der Waals surface area (Å²) in [5.41, 5.74) is 0.757. The zero-order valence-corrected chi connectivity index (χ0v) is 14.7. The molecule has 3 aromatic rings. The van der Waals surface area contributed by atoms with Crippen molar-refractivity contribution in [1.82, 2.24) is 20.2 Å².